The highest BCUT2D eigenvalue weighted by molar-refractivity contribution is 6.43. The van der Waals surface area contributed by atoms with Crippen LogP contribution in [0.15, 0.2) is 12.1 Å². The van der Waals surface area contributed by atoms with Gasteiger partial charge in [0.1, 0.15) is 5.75 Å². The summed E-state index contributed by atoms with van der Waals surface area (Å²) in [6.45, 7) is 2.16. The number of benzene rings is 1. The molecule has 116 valence electrons. The predicted octanol–water partition coefficient (Wildman–Crippen LogP) is 4.72. The van der Waals surface area contributed by atoms with Crippen molar-refractivity contribution < 1.29 is 9.53 Å². The fraction of sp³-hybridized carbons (Fsp3) is 0.533. The number of hydrogen-bond acceptors (Lipinski definition) is 2. The van der Waals surface area contributed by atoms with Gasteiger partial charge in [-0.25, -0.2) is 0 Å². The van der Waals surface area contributed by atoms with Gasteiger partial charge in [-0.15, -0.1) is 0 Å². The Kier molecular flexibility index (Phi) is 6.03. The van der Waals surface area contributed by atoms with Gasteiger partial charge in [0.15, 0.2) is 6.61 Å². The van der Waals surface area contributed by atoms with Gasteiger partial charge in [-0.3, -0.25) is 4.79 Å². The van der Waals surface area contributed by atoms with E-state index in [0.717, 1.165) is 31.6 Å². The second-order valence-electron chi connectivity index (χ2n) is 5.51. The zero-order valence-corrected chi connectivity index (χ0v) is 14.1. The van der Waals surface area contributed by atoms with Gasteiger partial charge in [0.2, 0.25) is 0 Å². The van der Waals surface area contributed by atoms with E-state index in [1.54, 1.807) is 0 Å². The fourth-order valence-corrected chi connectivity index (χ4v) is 3.02. The van der Waals surface area contributed by atoms with Crippen LogP contribution in [0, 0.1) is 5.92 Å². The molecule has 3 nitrogen and oxygen atoms in total. The van der Waals surface area contributed by atoms with Gasteiger partial charge in [-0.1, -0.05) is 41.7 Å². The van der Waals surface area contributed by atoms with Gasteiger partial charge in [0, 0.05) is 12.1 Å². The maximum Gasteiger partial charge on any atom is 0.258 e. The molecule has 0 heterocycles. The molecule has 0 aromatic heterocycles. The standard InChI is InChI=1S/C15H18Cl3NO2/c1-9-2-4-10(5-3-9)19-15(20)8-21-14-7-12(17)11(16)6-13(14)18/h6-7,9-10H,2-5,8H2,1H3,(H,19,20). The molecule has 1 aromatic carbocycles. The van der Waals surface area contributed by atoms with Crippen LogP contribution in [-0.4, -0.2) is 18.6 Å². The molecule has 1 fully saturated rings. The largest absolute Gasteiger partial charge is 0.482 e. The normalized spacial score (nSPS) is 21.9. The molecule has 6 heteroatoms. The van der Waals surface area contributed by atoms with Crippen molar-refractivity contribution in [3.8, 4) is 5.75 Å². The Hall–Kier alpha value is -0.640. The Bertz CT molecular complexity index is 514. The molecule has 1 aromatic rings. The van der Waals surface area contributed by atoms with Gasteiger partial charge in [-0.05, 0) is 37.7 Å². The van der Waals surface area contributed by atoms with E-state index in [-0.39, 0.29) is 18.6 Å². The number of amides is 1. The number of halogens is 3. The molecule has 0 bridgehead atoms. The molecule has 0 unspecified atom stereocenters. The maximum absolute atomic E-state index is 11.9. The Morgan fingerprint density at radius 3 is 2.43 bits per heavy atom. The first-order valence-corrected chi connectivity index (χ1v) is 8.16. The van der Waals surface area contributed by atoms with Crippen molar-refractivity contribution in [2.75, 3.05) is 6.61 Å². The number of carbonyl (C=O) groups is 1. The quantitative estimate of drug-likeness (QED) is 0.798. The van der Waals surface area contributed by atoms with Gasteiger partial charge in [-0.2, -0.15) is 0 Å². The van der Waals surface area contributed by atoms with E-state index in [1.165, 1.54) is 12.1 Å². The molecule has 21 heavy (non-hydrogen) atoms. The van der Waals surface area contributed by atoms with E-state index in [4.69, 9.17) is 39.5 Å². The Labute approximate surface area is 139 Å². The maximum atomic E-state index is 11.9. The number of hydrogen-bond donors (Lipinski definition) is 1. The van der Waals surface area contributed by atoms with Crippen LogP contribution < -0.4 is 10.1 Å². The highest BCUT2D eigenvalue weighted by Crippen LogP contribution is 2.33. The SMILES string of the molecule is CC1CCC(NC(=O)COc2cc(Cl)c(Cl)cc2Cl)CC1. The molecule has 0 atom stereocenters. The van der Waals surface area contributed by atoms with Crippen LogP contribution in [-0.2, 0) is 4.79 Å². The molecule has 0 aliphatic heterocycles. The first-order valence-electron chi connectivity index (χ1n) is 7.02. The summed E-state index contributed by atoms with van der Waals surface area (Å²) >= 11 is 17.7. The van der Waals surface area contributed by atoms with Crippen molar-refractivity contribution >= 4 is 40.7 Å². The third-order valence-electron chi connectivity index (χ3n) is 3.71. The van der Waals surface area contributed by atoms with Crippen LogP contribution in [0.25, 0.3) is 0 Å². The van der Waals surface area contributed by atoms with E-state index < -0.39 is 0 Å². The van der Waals surface area contributed by atoms with Gasteiger partial charge >= 0.3 is 0 Å². The molecule has 1 aliphatic rings. The number of carbonyl (C=O) groups excluding carboxylic acids is 1. The minimum absolute atomic E-state index is 0.0796. The lowest BCUT2D eigenvalue weighted by atomic mass is 9.87. The predicted molar refractivity (Wildman–Crippen MR) is 86.5 cm³/mol. The first kappa shape index (κ1) is 16.7. The van der Waals surface area contributed by atoms with Crippen molar-refractivity contribution in [2.45, 2.75) is 38.6 Å². The molecule has 0 saturated heterocycles. The summed E-state index contributed by atoms with van der Waals surface area (Å²) in [5.74, 6) is 0.972. The van der Waals surface area contributed by atoms with E-state index in [1.807, 2.05) is 0 Å². The summed E-state index contributed by atoms with van der Waals surface area (Å²) < 4.78 is 5.41. The summed E-state index contributed by atoms with van der Waals surface area (Å²) in [6.07, 6.45) is 4.37. The van der Waals surface area contributed by atoms with Crippen molar-refractivity contribution in [2.24, 2.45) is 5.92 Å². The van der Waals surface area contributed by atoms with E-state index in [9.17, 15) is 4.79 Å². The minimum Gasteiger partial charge on any atom is -0.482 e. The van der Waals surface area contributed by atoms with Crippen LogP contribution in [0.2, 0.25) is 15.1 Å². The Morgan fingerprint density at radius 1 is 1.14 bits per heavy atom. The van der Waals surface area contributed by atoms with Crippen LogP contribution in [0.1, 0.15) is 32.6 Å². The van der Waals surface area contributed by atoms with Gasteiger partial charge < -0.3 is 10.1 Å². The third-order valence-corrected chi connectivity index (χ3v) is 4.73. The number of nitrogens with one attached hydrogen (secondary N) is 1. The molecule has 1 aliphatic carbocycles. The smallest absolute Gasteiger partial charge is 0.258 e. The second kappa shape index (κ2) is 7.57. The molecule has 0 spiro atoms. The highest BCUT2D eigenvalue weighted by Gasteiger charge is 2.20. The molecular weight excluding hydrogens is 333 g/mol. The van der Waals surface area contributed by atoms with Crippen molar-refractivity contribution in [3.05, 3.63) is 27.2 Å². The minimum atomic E-state index is -0.142. The second-order valence-corrected chi connectivity index (χ2v) is 6.73. The summed E-state index contributed by atoms with van der Waals surface area (Å²) in [6, 6.07) is 3.27. The lowest BCUT2D eigenvalue weighted by Crippen LogP contribution is -2.39. The van der Waals surface area contributed by atoms with Gasteiger partial charge in [0.25, 0.3) is 5.91 Å². The molecular formula is C15H18Cl3NO2. The topological polar surface area (TPSA) is 38.3 Å². The lowest BCUT2D eigenvalue weighted by Gasteiger charge is -2.26. The molecule has 0 radical (unpaired) electrons. The van der Waals surface area contributed by atoms with Crippen molar-refractivity contribution in [1.29, 1.82) is 0 Å². The molecule has 1 amide bonds. The summed E-state index contributed by atoms with van der Waals surface area (Å²) in [5.41, 5.74) is 0. The first-order chi connectivity index (χ1) is 9.95. The van der Waals surface area contributed by atoms with E-state index >= 15 is 0 Å². The fourth-order valence-electron chi connectivity index (χ4n) is 2.43. The molecule has 2 rings (SSSR count). The van der Waals surface area contributed by atoms with Gasteiger partial charge in [0.05, 0.1) is 15.1 Å². The van der Waals surface area contributed by atoms with E-state index in [2.05, 4.69) is 12.2 Å². The Balaban J connectivity index is 1.83. The summed E-state index contributed by atoms with van der Waals surface area (Å²) in [4.78, 5) is 11.9. The summed E-state index contributed by atoms with van der Waals surface area (Å²) in [5, 5.41) is 4.03. The lowest BCUT2D eigenvalue weighted by molar-refractivity contribution is -0.124. The van der Waals surface area contributed by atoms with Crippen LogP contribution in [0.4, 0.5) is 0 Å². The Morgan fingerprint density at radius 2 is 1.76 bits per heavy atom. The van der Waals surface area contributed by atoms with Crippen molar-refractivity contribution in [3.63, 3.8) is 0 Å². The third kappa shape index (κ3) is 4.94. The molecule has 1 N–H and O–H groups in total. The average Bonchev–Trinajstić information content (AvgIpc) is 2.44. The zero-order chi connectivity index (χ0) is 15.4. The van der Waals surface area contributed by atoms with Crippen LogP contribution >= 0.6 is 34.8 Å². The van der Waals surface area contributed by atoms with Crippen LogP contribution in [0.5, 0.6) is 5.75 Å². The number of ether oxygens (including phenoxy) is 1. The average molecular weight is 351 g/mol. The summed E-state index contributed by atoms with van der Waals surface area (Å²) in [7, 11) is 0. The zero-order valence-electron chi connectivity index (χ0n) is 11.8. The number of rotatable bonds is 4. The highest BCUT2D eigenvalue weighted by atomic mass is 35.5. The molecule has 1 saturated carbocycles. The van der Waals surface area contributed by atoms with Crippen molar-refractivity contribution in [1.82, 2.24) is 5.32 Å². The van der Waals surface area contributed by atoms with Crippen LogP contribution in [0.3, 0.4) is 0 Å². The van der Waals surface area contributed by atoms with E-state index in [0.29, 0.717) is 20.8 Å². The monoisotopic (exact) mass is 349 g/mol.